The second-order valence-electron chi connectivity index (χ2n) is 4.67. The monoisotopic (exact) mass is 410 g/mol. The highest BCUT2D eigenvalue weighted by atomic mass is 127. The average Bonchev–Trinajstić information content (AvgIpc) is 2.53. The van der Waals surface area contributed by atoms with Crippen molar-refractivity contribution < 1.29 is 19.1 Å². The van der Waals surface area contributed by atoms with Gasteiger partial charge in [-0.05, 0) is 65.4 Å². The molecule has 4 nitrogen and oxygen atoms in total. The van der Waals surface area contributed by atoms with Gasteiger partial charge in [-0.2, -0.15) is 0 Å². The van der Waals surface area contributed by atoms with Gasteiger partial charge in [0.1, 0.15) is 12.4 Å². The number of halogens is 1. The molecule has 0 aliphatic heterocycles. The van der Waals surface area contributed by atoms with Crippen LogP contribution in [0.25, 0.3) is 0 Å². The Labute approximate surface area is 142 Å². The molecule has 0 N–H and O–H groups in total. The second-order valence-corrected chi connectivity index (χ2v) is 5.92. The number of carbonyl (C=O) groups excluding carboxylic acids is 2. The molecule has 0 saturated heterocycles. The minimum atomic E-state index is -0.551. The van der Waals surface area contributed by atoms with Gasteiger partial charge in [0.05, 0.1) is 12.7 Å². The fraction of sp³-hybridized carbons (Fsp3) is 0.176. The number of methoxy groups -OCH3 is 1. The van der Waals surface area contributed by atoms with Crippen LogP contribution in [-0.4, -0.2) is 18.9 Å². The molecule has 0 heterocycles. The molecule has 5 heteroatoms. The molecule has 2 rings (SSSR count). The number of Topliss-reactive ketones (excluding diaryl/α,β-unsaturated/α-hetero) is 1. The van der Waals surface area contributed by atoms with Crippen molar-refractivity contribution in [3.8, 4) is 5.75 Å². The molecular weight excluding hydrogens is 395 g/mol. The van der Waals surface area contributed by atoms with Crippen molar-refractivity contribution >= 4 is 34.3 Å². The Kier molecular flexibility index (Phi) is 5.54. The first-order valence-electron chi connectivity index (χ1n) is 6.62. The zero-order valence-corrected chi connectivity index (χ0v) is 14.4. The fourth-order valence-corrected chi connectivity index (χ4v) is 2.31. The van der Waals surface area contributed by atoms with Crippen molar-refractivity contribution in [1.29, 1.82) is 0 Å². The van der Waals surface area contributed by atoms with Crippen molar-refractivity contribution in [1.82, 2.24) is 0 Å². The molecule has 0 fully saturated rings. The molecule has 0 amide bonds. The summed E-state index contributed by atoms with van der Waals surface area (Å²) in [6.07, 6.45) is 0. The molecule has 0 aliphatic carbocycles. The lowest BCUT2D eigenvalue weighted by atomic mass is 10.0. The molecular formula is C17H15IO4. The lowest BCUT2D eigenvalue weighted by Crippen LogP contribution is -2.09. The third-order valence-electron chi connectivity index (χ3n) is 3.09. The first-order valence-corrected chi connectivity index (χ1v) is 7.69. The molecule has 0 unspecified atom stereocenters. The molecule has 0 aliphatic rings. The van der Waals surface area contributed by atoms with E-state index in [0.29, 0.717) is 17.9 Å². The third kappa shape index (κ3) is 4.07. The van der Waals surface area contributed by atoms with Gasteiger partial charge in [0.15, 0.2) is 5.78 Å². The van der Waals surface area contributed by atoms with E-state index >= 15 is 0 Å². The number of hydrogen-bond acceptors (Lipinski definition) is 4. The Hall–Kier alpha value is -1.89. The summed E-state index contributed by atoms with van der Waals surface area (Å²) in [5.41, 5.74) is 1.57. The molecule has 114 valence electrons. The molecule has 0 atom stereocenters. The maximum absolute atomic E-state index is 11.8. The minimum absolute atomic E-state index is 0.190. The molecule has 2 aromatic carbocycles. The highest BCUT2D eigenvalue weighted by Gasteiger charge is 2.16. The van der Waals surface area contributed by atoms with Gasteiger partial charge in [-0.1, -0.05) is 12.1 Å². The Morgan fingerprint density at radius 2 is 1.73 bits per heavy atom. The van der Waals surface area contributed by atoms with E-state index in [2.05, 4.69) is 22.6 Å². The Morgan fingerprint density at radius 3 is 2.32 bits per heavy atom. The summed E-state index contributed by atoms with van der Waals surface area (Å²) in [5.74, 6) is -0.224. The summed E-state index contributed by atoms with van der Waals surface area (Å²) in [5, 5.41) is 0. The van der Waals surface area contributed by atoms with E-state index in [1.54, 1.807) is 12.1 Å². The molecule has 2 aromatic rings. The number of benzene rings is 2. The molecule has 0 bridgehead atoms. The fourth-order valence-electron chi connectivity index (χ4n) is 1.95. The van der Waals surface area contributed by atoms with E-state index in [0.717, 1.165) is 9.13 Å². The lowest BCUT2D eigenvalue weighted by molar-refractivity contribution is 0.0596. The van der Waals surface area contributed by atoms with E-state index in [4.69, 9.17) is 9.47 Å². The van der Waals surface area contributed by atoms with Crippen molar-refractivity contribution in [3.05, 3.63) is 62.7 Å². The molecule has 0 aromatic heterocycles. The van der Waals surface area contributed by atoms with Crippen molar-refractivity contribution in [2.45, 2.75) is 13.5 Å². The first-order chi connectivity index (χ1) is 10.5. The smallest absolute Gasteiger partial charge is 0.338 e. The standard InChI is InChI=1S/C17H15IO4/c1-11(19)15-8-7-14(9-16(15)17(20)21-2)22-10-12-3-5-13(18)6-4-12/h3-9H,10H2,1-2H3. The van der Waals surface area contributed by atoms with Crippen LogP contribution in [0.1, 0.15) is 33.2 Å². The summed E-state index contributed by atoms with van der Waals surface area (Å²) in [6, 6.07) is 12.7. The SMILES string of the molecule is COC(=O)c1cc(OCc2ccc(I)cc2)ccc1C(C)=O. The summed E-state index contributed by atoms with van der Waals surface area (Å²) in [6.45, 7) is 1.80. The van der Waals surface area contributed by atoms with Gasteiger partial charge in [-0.25, -0.2) is 4.79 Å². The maximum Gasteiger partial charge on any atom is 0.338 e. The highest BCUT2D eigenvalue weighted by Crippen LogP contribution is 2.21. The third-order valence-corrected chi connectivity index (χ3v) is 3.81. The first kappa shape index (κ1) is 16.5. The van der Waals surface area contributed by atoms with Gasteiger partial charge in [-0.3, -0.25) is 4.79 Å². The summed E-state index contributed by atoms with van der Waals surface area (Å²) >= 11 is 2.24. The van der Waals surface area contributed by atoms with Crippen LogP contribution in [0.15, 0.2) is 42.5 Å². The Balaban J connectivity index is 2.19. The average molecular weight is 410 g/mol. The van der Waals surface area contributed by atoms with E-state index in [1.807, 2.05) is 24.3 Å². The van der Waals surface area contributed by atoms with Crippen LogP contribution >= 0.6 is 22.6 Å². The van der Waals surface area contributed by atoms with Crippen LogP contribution in [0, 0.1) is 3.57 Å². The zero-order valence-electron chi connectivity index (χ0n) is 12.3. The van der Waals surface area contributed by atoms with Crippen LogP contribution in [0.2, 0.25) is 0 Å². The molecule has 0 spiro atoms. The van der Waals surface area contributed by atoms with Gasteiger partial charge >= 0.3 is 5.97 Å². The molecule has 0 saturated carbocycles. The van der Waals surface area contributed by atoms with Crippen LogP contribution in [0.4, 0.5) is 0 Å². The van der Waals surface area contributed by atoms with Crippen LogP contribution in [0.5, 0.6) is 5.75 Å². The van der Waals surface area contributed by atoms with Crippen molar-refractivity contribution in [2.24, 2.45) is 0 Å². The Bertz CT molecular complexity index is 692. The number of ketones is 1. The zero-order chi connectivity index (χ0) is 16.1. The second kappa shape index (κ2) is 7.40. The predicted molar refractivity (Wildman–Crippen MR) is 91.3 cm³/mol. The number of rotatable bonds is 5. The number of esters is 1. The van der Waals surface area contributed by atoms with Crippen molar-refractivity contribution in [2.75, 3.05) is 7.11 Å². The molecule has 0 radical (unpaired) electrons. The van der Waals surface area contributed by atoms with Gasteiger partial charge in [0.25, 0.3) is 0 Å². The van der Waals surface area contributed by atoms with E-state index < -0.39 is 5.97 Å². The van der Waals surface area contributed by atoms with Crippen LogP contribution in [-0.2, 0) is 11.3 Å². The van der Waals surface area contributed by atoms with Crippen molar-refractivity contribution in [3.63, 3.8) is 0 Å². The predicted octanol–water partition coefficient (Wildman–Crippen LogP) is 3.86. The van der Waals surface area contributed by atoms with E-state index in [9.17, 15) is 9.59 Å². The van der Waals surface area contributed by atoms with Gasteiger partial charge in [0, 0.05) is 9.13 Å². The number of ether oxygens (including phenoxy) is 2. The largest absolute Gasteiger partial charge is 0.489 e. The Morgan fingerprint density at radius 1 is 1.05 bits per heavy atom. The van der Waals surface area contributed by atoms with E-state index in [-0.39, 0.29) is 11.3 Å². The molecule has 22 heavy (non-hydrogen) atoms. The maximum atomic E-state index is 11.8. The number of hydrogen-bond donors (Lipinski definition) is 0. The highest BCUT2D eigenvalue weighted by molar-refractivity contribution is 14.1. The van der Waals surface area contributed by atoms with Gasteiger partial charge < -0.3 is 9.47 Å². The summed E-state index contributed by atoms with van der Waals surface area (Å²) < 4.78 is 11.5. The normalized spacial score (nSPS) is 10.1. The number of carbonyl (C=O) groups is 2. The van der Waals surface area contributed by atoms with Gasteiger partial charge in [0.2, 0.25) is 0 Å². The van der Waals surface area contributed by atoms with Crippen LogP contribution < -0.4 is 4.74 Å². The minimum Gasteiger partial charge on any atom is -0.489 e. The van der Waals surface area contributed by atoms with Gasteiger partial charge in [-0.15, -0.1) is 0 Å². The van der Waals surface area contributed by atoms with Crippen LogP contribution in [0.3, 0.4) is 0 Å². The lowest BCUT2D eigenvalue weighted by Gasteiger charge is -2.10. The topological polar surface area (TPSA) is 52.6 Å². The van der Waals surface area contributed by atoms with E-state index in [1.165, 1.54) is 20.1 Å². The summed E-state index contributed by atoms with van der Waals surface area (Å²) in [4.78, 5) is 23.3. The quantitative estimate of drug-likeness (QED) is 0.427. The summed E-state index contributed by atoms with van der Waals surface area (Å²) in [7, 11) is 1.28.